The Bertz CT molecular complexity index is 524. The van der Waals surface area contributed by atoms with Gasteiger partial charge in [0.05, 0.1) is 17.6 Å². The molecule has 3 aliphatic carbocycles. The van der Waals surface area contributed by atoms with Crippen LogP contribution in [0.2, 0.25) is 0 Å². The van der Waals surface area contributed by atoms with Crippen LogP contribution in [0.25, 0.3) is 6.08 Å². The molecule has 100 valence electrons. The van der Waals surface area contributed by atoms with E-state index < -0.39 is 11.0 Å². The van der Waals surface area contributed by atoms with Crippen molar-refractivity contribution in [3.8, 4) is 0 Å². The van der Waals surface area contributed by atoms with Crippen LogP contribution in [0.15, 0.2) is 35.9 Å². The highest BCUT2D eigenvalue weighted by Crippen LogP contribution is 2.64. The smallest absolute Gasteiger partial charge is 0.312 e. The summed E-state index contributed by atoms with van der Waals surface area (Å²) in [6, 6.07) is 9.91. The summed E-state index contributed by atoms with van der Waals surface area (Å²) in [7, 11) is 0. The monoisotopic (exact) mass is 258 g/mol. The first kappa shape index (κ1) is 12.4. The third-order valence-corrected chi connectivity index (χ3v) is 4.24. The standard InChI is InChI=1S/C16H18O3/c1-2-19-14(17)15-9-13(16(18,10-15)11-15)8-12-6-4-3-5-7-12/h3-8,18H,2,9-11H2,1H3/b13-8+. The minimum absolute atomic E-state index is 0.156. The molecule has 3 nitrogen and oxygen atoms in total. The molecule has 3 heteroatoms. The van der Waals surface area contributed by atoms with Gasteiger partial charge in [-0.25, -0.2) is 0 Å². The van der Waals surface area contributed by atoms with Gasteiger partial charge in [-0.2, -0.15) is 0 Å². The molecule has 4 rings (SSSR count). The molecular formula is C16H18O3. The Hall–Kier alpha value is -1.61. The molecular weight excluding hydrogens is 240 g/mol. The van der Waals surface area contributed by atoms with Crippen LogP contribution in [-0.4, -0.2) is 23.3 Å². The second-order valence-corrected chi connectivity index (χ2v) is 5.64. The molecule has 0 radical (unpaired) electrons. The van der Waals surface area contributed by atoms with Gasteiger partial charge in [-0.3, -0.25) is 4.79 Å². The Kier molecular flexibility index (Phi) is 2.75. The van der Waals surface area contributed by atoms with Crippen molar-refractivity contribution in [3.63, 3.8) is 0 Å². The summed E-state index contributed by atoms with van der Waals surface area (Å²) >= 11 is 0. The SMILES string of the molecule is CCOC(=O)C12C/C(=C\c3ccccc3)C(O)(C1)C2. The number of esters is 1. The van der Waals surface area contributed by atoms with Crippen LogP contribution in [0.3, 0.4) is 0 Å². The van der Waals surface area contributed by atoms with Crippen LogP contribution >= 0.6 is 0 Å². The maximum Gasteiger partial charge on any atom is 0.312 e. The van der Waals surface area contributed by atoms with Gasteiger partial charge in [-0.05, 0) is 37.3 Å². The number of rotatable bonds is 3. The molecule has 1 aromatic carbocycles. The Morgan fingerprint density at radius 3 is 2.68 bits per heavy atom. The second kappa shape index (κ2) is 4.20. The van der Waals surface area contributed by atoms with Crippen LogP contribution in [0.5, 0.6) is 0 Å². The molecule has 1 N–H and O–H groups in total. The lowest BCUT2D eigenvalue weighted by atomic mass is 9.67. The van der Waals surface area contributed by atoms with Gasteiger partial charge >= 0.3 is 5.97 Å². The molecule has 0 aromatic heterocycles. The number of aliphatic hydroxyl groups is 1. The predicted octanol–water partition coefficient (Wildman–Crippen LogP) is 2.55. The van der Waals surface area contributed by atoms with Gasteiger partial charge in [-0.15, -0.1) is 0 Å². The number of carbonyl (C=O) groups excluding carboxylic acids is 1. The van der Waals surface area contributed by atoms with Crippen molar-refractivity contribution >= 4 is 12.0 Å². The first-order valence-corrected chi connectivity index (χ1v) is 6.74. The summed E-state index contributed by atoms with van der Waals surface area (Å²) in [5.74, 6) is -0.156. The van der Waals surface area contributed by atoms with E-state index in [4.69, 9.17) is 4.74 Å². The van der Waals surface area contributed by atoms with Gasteiger partial charge in [0, 0.05) is 0 Å². The number of hydrogen-bond acceptors (Lipinski definition) is 3. The van der Waals surface area contributed by atoms with E-state index in [0.717, 1.165) is 11.1 Å². The third kappa shape index (κ3) is 1.89. The Balaban J connectivity index is 1.84. The maximum absolute atomic E-state index is 12.0. The van der Waals surface area contributed by atoms with E-state index >= 15 is 0 Å². The van der Waals surface area contributed by atoms with Crippen LogP contribution in [0, 0.1) is 5.41 Å². The zero-order valence-electron chi connectivity index (χ0n) is 11.1. The van der Waals surface area contributed by atoms with Gasteiger partial charge in [0.1, 0.15) is 0 Å². The van der Waals surface area contributed by atoms with Gasteiger partial charge < -0.3 is 9.84 Å². The molecule has 2 bridgehead atoms. The fourth-order valence-electron chi connectivity index (χ4n) is 3.39. The average molecular weight is 258 g/mol. The summed E-state index contributed by atoms with van der Waals surface area (Å²) in [5, 5.41) is 10.5. The van der Waals surface area contributed by atoms with Crippen LogP contribution in [0.4, 0.5) is 0 Å². The lowest BCUT2D eigenvalue weighted by Gasteiger charge is -2.41. The highest BCUT2D eigenvalue weighted by atomic mass is 16.5. The molecule has 3 fully saturated rings. The molecule has 0 spiro atoms. The normalized spacial score (nSPS) is 34.1. The Labute approximate surface area is 112 Å². The van der Waals surface area contributed by atoms with Crippen LogP contribution < -0.4 is 0 Å². The first-order chi connectivity index (χ1) is 9.08. The highest BCUT2D eigenvalue weighted by molar-refractivity contribution is 5.82. The Morgan fingerprint density at radius 2 is 2.05 bits per heavy atom. The predicted molar refractivity (Wildman–Crippen MR) is 72.3 cm³/mol. The van der Waals surface area contributed by atoms with Crippen molar-refractivity contribution in [2.45, 2.75) is 31.8 Å². The van der Waals surface area contributed by atoms with E-state index in [1.165, 1.54) is 0 Å². The number of carbonyl (C=O) groups is 1. The number of hydrogen-bond donors (Lipinski definition) is 1. The first-order valence-electron chi connectivity index (χ1n) is 6.74. The number of benzene rings is 1. The molecule has 0 heterocycles. The fourth-order valence-corrected chi connectivity index (χ4v) is 3.39. The van der Waals surface area contributed by atoms with Gasteiger partial charge in [0.15, 0.2) is 0 Å². The third-order valence-electron chi connectivity index (χ3n) is 4.24. The van der Waals surface area contributed by atoms with E-state index in [-0.39, 0.29) is 5.97 Å². The zero-order chi connectivity index (χ0) is 13.5. The van der Waals surface area contributed by atoms with Gasteiger partial charge in [0.2, 0.25) is 0 Å². The van der Waals surface area contributed by atoms with E-state index in [2.05, 4.69) is 0 Å². The molecule has 0 atom stereocenters. The minimum Gasteiger partial charge on any atom is -0.466 e. The highest BCUT2D eigenvalue weighted by Gasteiger charge is 2.67. The van der Waals surface area contributed by atoms with Gasteiger partial charge in [0.25, 0.3) is 0 Å². The molecule has 19 heavy (non-hydrogen) atoms. The summed E-state index contributed by atoms with van der Waals surface area (Å²) in [5.41, 5.74) is 0.776. The Morgan fingerprint density at radius 1 is 1.37 bits per heavy atom. The molecule has 0 amide bonds. The second-order valence-electron chi connectivity index (χ2n) is 5.64. The van der Waals surface area contributed by atoms with Crippen LogP contribution in [0.1, 0.15) is 31.7 Å². The van der Waals surface area contributed by atoms with Crippen molar-refractivity contribution in [2.75, 3.05) is 6.61 Å². The molecule has 0 aliphatic heterocycles. The van der Waals surface area contributed by atoms with Gasteiger partial charge in [-0.1, -0.05) is 36.4 Å². The quantitative estimate of drug-likeness (QED) is 0.847. The largest absolute Gasteiger partial charge is 0.466 e. The zero-order valence-corrected chi connectivity index (χ0v) is 11.1. The maximum atomic E-state index is 12.0. The van der Waals surface area contributed by atoms with Crippen molar-refractivity contribution in [1.82, 2.24) is 0 Å². The number of ether oxygens (including phenoxy) is 1. The molecule has 0 unspecified atom stereocenters. The molecule has 3 saturated carbocycles. The van der Waals surface area contributed by atoms with E-state index in [9.17, 15) is 9.90 Å². The van der Waals surface area contributed by atoms with Crippen molar-refractivity contribution in [1.29, 1.82) is 0 Å². The minimum atomic E-state index is -0.789. The summed E-state index contributed by atoms with van der Waals surface area (Å²) < 4.78 is 5.13. The van der Waals surface area contributed by atoms with Crippen molar-refractivity contribution in [2.24, 2.45) is 5.41 Å². The van der Waals surface area contributed by atoms with Crippen LogP contribution in [-0.2, 0) is 9.53 Å². The fraction of sp³-hybridized carbons (Fsp3) is 0.438. The molecule has 3 aliphatic rings. The van der Waals surface area contributed by atoms with Crippen molar-refractivity contribution < 1.29 is 14.6 Å². The van der Waals surface area contributed by atoms with E-state index in [1.807, 2.05) is 43.3 Å². The summed E-state index contributed by atoms with van der Waals surface area (Å²) in [6.07, 6.45) is 3.65. The summed E-state index contributed by atoms with van der Waals surface area (Å²) in [6.45, 7) is 2.21. The number of fused-ring (bicyclic) bond motifs is 1. The topological polar surface area (TPSA) is 46.5 Å². The average Bonchev–Trinajstić information content (AvgIpc) is 2.79. The summed E-state index contributed by atoms with van der Waals surface area (Å²) in [4.78, 5) is 12.0. The lowest BCUT2D eigenvalue weighted by molar-refractivity contribution is -0.168. The van der Waals surface area contributed by atoms with E-state index in [1.54, 1.807) is 0 Å². The van der Waals surface area contributed by atoms with E-state index in [0.29, 0.717) is 25.9 Å². The lowest BCUT2D eigenvalue weighted by Crippen LogP contribution is -2.48. The molecule has 1 aromatic rings. The van der Waals surface area contributed by atoms with Crippen molar-refractivity contribution in [3.05, 3.63) is 41.5 Å². The molecule has 0 saturated heterocycles.